The molecule has 1 aromatic carbocycles. The van der Waals surface area contributed by atoms with Gasteiger partial charge in [-0.05, 0) is 43.7 Å². The maximum atomic E-state index is 13.1. The summed E-state index contributed by atoms with van der Waals surface area (Å²) in [5, 5.41) is 6.73. The molecule has 0 fully saturated rings. The van der Waals surface area contributed by atoms with Crippen molar-refractivity contribution in [3.05, 3.63) is 69.6 Å². The smallest absolute Gasteiger partial charge is 0.346 e. The third-order valence-corrected chi connectivity index (χ3v) is 4.69. The van der Waals surface area contributed by atoms with Crippen LogP contribution in [0.1, 0.15) is 35.5 Å². The molecule has 9 heteroatoms. The summed E-state index contributed by atoms with van der Waals surface area (Å²) in [4.78, 5) is 16.2. The van der Waals surface area contributed by atoms with Crippen molar-refractivity contribution in [3.63, 3.8) is 0 Å². The van der Waals surface area contributed by atoms with E-state index >= 15 is 0 Å². The van der Waals surface area contributed by atoms with Crippen molar-refractivity contribution >= 4 is 33.6 Å². The number of hydrogen-bond donors (Lipinski definition) is 1. The first kappa shape index (κ1) is 20.1. The minimum Gasteiger partial charge on any atom is -0.346 e. The maximum Gasteiger partial charge on any atom is 0.433 e. The van der Waals surface area contributed by atoms with Crippen LogP contribution >= 0.6 is 15.9 Å². The van der Waals surface area contributed by atoms with Gasteiger partial charge in [0.25, 0.3) is 0 Å². The summed E-state index contributed by atoms with van der Waals surface area (Å²) < 4.78 is 41.1. The summed E-state index contributed by atoms with van der Waals surface area (Å²) in [6.07, 6.45) is -0.791. The van der Waals surface area contributed by atoms with E-state index in [1.165, 1.54) is 12.2 Å². The van der Waals surface area contributed by atoms with Gasteiger partial charge >= 0.3 is 6.18 Å². The average molecular weight is 453 g/mol. The number of fused-ring (bicyclic) bond motifs is 1. The van der Waals surface area contributed by atoms with Crippen LogP contribution < -0.4 is 5.32 Å². The average Bonchev–Trinajstić information content (AvgIpc) is 2.94. The highest BCUT2D eigenvalue weighted by atomic mass is 79.9. The minimum atomic E-state index is -4.56. The van der Waals surface area contributed by atoms with Crippen LogP contribution in [-0.2, 0) is 11.0 Å². The Bertz CT molecular complexity index is 1040. The van der Waals surface area contributed by atoms with Gasteiger partial charge in [0.15, 0.2) is 5.65 Å². The lowest BCUT2D eigenvalue weighted by atomic mass is 10.1. The molecule has 3 aromatic rings. The van der Waals surface area contributed by atoms with E-state index in [-0.39, 0.29) is 17.6 Å². The van der Waals surface area contributed by atoms with Crippen LogP contribution in [0.3, 0.4) is 0 Å². The molecular formula is C19H16BrF3N4O. The van der Waals surface area contributed by atoms with Crippen molar-refractivity contribution in [3.8, 4) is 0 Å². The third-order valence-electron chi connectivity index (χ3n) is 4.16. The number of benzene rings is 1. The molecule has 146 valence electrons. The number of carbonyl (C=O) groups is 1. The van der Waals surface area contributed by atoms with Gasteiger partial charge in [0, 0.05) is 22.3 Å². The Morgan fingerprint density at radius 3 is 2.57 bits per heavy atom. The van der Waals surface area contributed by atoms with Crippen LogP contribution in [0.2, 0.25) is 0 Å². The molecule has 0 saturated carbocycles. The van der Waals surface area contributed by atoms with E-state index in [0.717, 1.165) is 26.8 Å². The fourth-order valence-electron chi connectivity index (χ4n) is 2.73. The van der Waals surface area contributed by atoms with E-state index in [2.05, 4.69) is 31.3 Å². The van der Waals surface area contributed by atoms with Crippen LogP contribution in [0.4, 0.5) is 13.2 Å². The molecule has 0 aliphatic heterocycles. The maximum absolute atomic E-state index is 13.1. The van der Waals surface area contributed by atoms with Gasteiger partial charge in [-0.2, -0.15) is 18.3 Å². The fraction of sp³-hybridized carbons (Fsp3) is 0.211. The second kappa shape index (κ2) is 7.75. The zero-order valence-electron chi connectivity index (χ0n) is 15.0. The Labute approximate surface area is 167 Å². The van der Waals surface area contributed by atoms with Crippen molar-refractivity contribution in [2.45, 2.75) is 26.1 Å². The molecule has 2 heterocycles. The summed E-state index contributed by atoms with van der Waals surface area (Å²) in [5.41, 5.74) is 0.742. The van der Waals surface area contributed by atoms with Gasteiger partial charge in [-0.15, -0.1) is 0 Å². The largest absolute Gasteiger partial charge is 0.433 e. The van der Waals surface area contributed by atoms with Gasteiger partial charge in [-0.1, -0.05) is 28.1 Å². The van der Waals surface area contributed by atoms with Crippen molar-refractivity contribution in [1.82, 2.24) is 19.9 Å². The Morgan fingerprint density at radius 2 is 1.93 bits per heavy atom. The lowest BCUT2D eigenvalue weighted by Gasteiger charge is -2.12. The number of aromatic nitrogens is 3. The molecule has 28 heavy (non-hydrogen) atoms. The second-order valence-corrected chi connectivity index (χ2v) is 7.09. The first-order valence-corrected chi connectivity index (χ1v) is 9.11. The first-order chi connectivity index (χ1) is 13.2. The molecule has 1 N–H and O–H groups in total. The van der Waals surface area contributed by atoms with Gasteiger partial charge in [0.2, 0.25) is 5.91 Å². The molecule has 1 atom stereocenters. The zero-order valence-corrected chi connectivity index (χ0v) is 16.5. The molecule has 5 nitrogen and oxygen atoms in total. The van der Waals surface area contributed by atoms with Crippen molar-refractivity contribution in [2.24, 2.45) is 0 Å². The number of nitrogens with zero attached hydrogens (tertiary/aromatic N) is 3. The standard InChI is InChI=1S/C19H16BrF3N4O/c1-11(13-3-5-14(20)6-4-13)25-17(28)8-7-15-12(2)26-27-16(19(21,22)23)9-10-24-18(15)27/h3-11H,1-2H3,(H,25,28)/b8-7+. The second-order valence-electron chi connectivity index (χ2n) is 6.18. The highest BCUT2D eigenvalue weighted by molar-refractivity contribution is 9.10. The lowest BCUT2D eigenvalue weighted by Crippen LogP contribution is -2.24. The summed E-state index contributed by atoms with van der Waals surface area (Å²) in [7, 11) is 0. The number of aryl methyl sites for hydroxylation is 1. The minimum absolute atomic E-state index is 0.0392. The number of rotatable bonds is 4. The van der Waals surface area contributed by atoms with Gasteiger partial charge in [-0.3, -0.25) is 4.79 Å². The molecule has 0 aliphatic rings. The van der Waals surface area contributed by atoms with Crippen molar-refractivity contribution in [2.75, 3.05) is 0 Å². The van der Waals surface area contributed by atoms with Gasteiger partial charge in [0.05, 0.1) is 11.7 Å². The van der Waals surface area contributed by atoms with Crippen LogP contribution in [0.15, 0.2) is 47.1 Å². The van der Waals surface area contributed by atoms with Crippen molar-refractivity contribution < 1.29 is 18.0 Å². The summed E-state index contributed by atoms with van der Waals surface area (Å²) in [6.45, 7) is 3.41. The summed E-state index contributed by atoms with van der Waals surface area (Å²) in [5.74, 6) is -0.374. The number of alkyl halides is 3. The molecule has 1 unspecified atom stereocenters. The summed E-state index contributed by atoms with van der Waals surface area (Å²) in [6, 6.07) is 8.15. The monoisotopic (exact) mass is 452 g/mol. The molecule has 0 aliphatic carbocycles. The van der Waals surface area contributed by atoms with E-state index in [9.17, 15) is 18.0 Å². The van der Waals surface area contributed by atoms with Gasteiger partial charge < -0.3 is 5.32 Å². The predicted octanol–water partition coefficient (Wildman–Crippen LogP) is 4.71. The molecule has 1 amide bonds. The molecule has 0 bridgehead atoms. The Morgan fingerprint density at radius 1 is 1.25 bits per heavy atom. The molecule has 0 saturated heterocycles. The number of hydrogen-bond acceptors (Lipinski definition) is 3. The topological polar surface area (TPSA) is 59.3 Å². The number of nitrogens with one attached hydrogen (secondary N) is 1. The van der Waals surface area contributed by atoms with Gasteiger partial charge in [0.1, 0.15) is 5.69 Å². The number of carbonyl (C=O) groups excluding carboxylic acids is 1. The molecular weight excluding hydrogens is 437 g/mol. The highest BCUT2D eigenvalue weighted by Crippen LogP contribution is 2.30. The van der Waals surface area contributed by atoms with Crippen LogP contribution in [0.25, 0.3) is 11.7 Å². The molecule has 2 aromatic heterocycles. The zero-order chi connectivity index (χ0) is 20.5. The van der Waals surface area contributed by atoms with Crippen LogP contribution in [0.5, 0.6) is 0 Å². The molecule has 0 radical (unpaired) electrons. The SMILES string of the molecule is Cc1nn2c(C(F)(F)F)ccnc2c1/C=C/C(=O)NC(C)c1ccc(Br)cc1. The molecule has 0 spiro atoms. The predicted molar refractivity (Wildman–Crippen MR) is 102 cm³/mol. The lowest BCUT2D eigenvalue weighted by molar-refractivity contribution is -0.142. The number of amides is 1. The van der Waals surface area contributed by atoms with E-state index in [1.54, 1.807) is 6.92 Å². The Balaban J connectivity index is 1.82. The van der Waals surface area contributed by atoms with Crippen LogP contribution in [-0.4, -0.2) is 20.5 Å². The number of halogens is 4. The normalized spacial score (nSPS) is 13.2. The van der Waals surface area contributed by atoms with Crippen molar-refractivity contribution in [1.29, 1.82) is 0 Å². The Hall–Kier alpha value is -2.68. The Kier molecular flexibility index (Phi) is 5.55. The fourth-order valence-corrected chi connectivity index (χ4v) is 3.00. The van der Waals surface area contributed by atoms with E-state index in [4.69, 9.17) is 0 Å². The highest BCUT2D eigenvalue weighted by Gasteiger charge is 2.34. The third kappa shape index (κ3) is 4.24. The quantitative estimate of drug-likeness (QED) is 0.583. The molecule has 3 rings (SSSR count). The first-order valence-electron chi connectivity index (χ1n) is 8.32. The van der Waals surface area contributed by atoms with E-state index < -0.39 is 11.9 Å². The van der Waals surface area contributed by atoms with Gasteiger partial charge in [-0.25, -0.2) is 9.50 Å². The van der Waals surface area contributed by atoms with E-state index in [0.29, 0.717) is 11.3 Å². The summed E-state index contributed by atoms with van der Waals surface area (Å²) >= 11 is 3.35. The van der Waals surface area contributed by atoms with E-state index in [1.807, 2.05) is 31.2 Å². The van der Waals surface area contributed by atoms with Crippen LogP contribution in [0, 0.1) is 6.92 Å².